The highest BCUT2D eigenvalue weighted by Gasteiger charge is 2.31. The molecule has 0 aliphatic heterocycles. The molecule has 9 heteroatoms. The van der Waals surface area contributed by atoms with E-state index in [-0.39, 0.29) is 42.3 Å². The van der Waals surface area contributed by atoms with Gasteiger partial charge < -0.3 is 10.2 Å². The number of amides is 2. The summed E-state index contributed by atoms with van der Waals surface area (Å²) in [6.07, 6.45) is 0.284. The van der Waals surface area contributed by atoms with Crippen molar-refractivity contribution in [1.29, 1.82) is 0 Å². The van der Waals surface area contributed by atoms with Crippen molar-refractivity contribution >= 4 is 29.3 Å². The van der Waals surface area contributed by atoms with Gasteiger partial charge in [0.2, 0.25) is 11.8 Å². The molecule has 194 valence electrons. The second kappa shape index (κ2) is 13.5. The van der Waals surface area contributed by atoms with Gasteiger partial charge in [0.1, 0.15) is 11.9 Å². The van der Waals surface area contributed by atoms with Gasteiger partial charge in [-0.3, -0.25) is 19.7 Å². The third kappa shape index (κ3) is 8.42. The third-order valence-electron chi connectivity index (χ3n) is 5.64. The summed E-state index contributed by atoms with van der Waals surface area (Å²) >= 11 is 1.33. The molecule has 0 heterocycles. The van der Waals surface area contributed by atoms with Crippen molar-refractivity contribution in [3.63, 3.8) is 0 Å². The highest BCUT2D eigenvalue weighted by molar-refractivity contribution is 7.99. The molecule has 1 atom stereocenters. The van der Waals surface area contributed by atoms with Crippen LogP contribution in [0.5, 0.6) is 0 Å². The molecule has 2 amide bonds. The zero-order valence-corrected chi connectivity index (χ0v) is 21.6. The second-order valence-corrected chi connectivity index (χ2v) is 9.88. The molecule has 7 nitrogen and oxygen atoms in total. The quantitative estimate of drug-likeness (QED) is 0.262. The van der Waals surface area contributed by atoms with Gasteiger partial charge in [-0.1, -0.05) is 60.7 Å². The van der Waals surface area contributed by atoms with Crippen LogP contribution in [0.15, 0.2) is 78.9 Å². The summed E-state index contributed by atoms with van der Waals surface area (Å²) < 4.78 is 14.6. The molecule has 0 aliphatic rings. The van der Waals surface area contributed by atoms with Crippen molar-refractivity contribution in [2.24, 2.45) is 0 Å². The lowest BCUT2D eigenvalue weighted by Crippen LogP contribution is -2.52. The maximum absolute atomic E-state index is 14.6. The lowest BCUT2D eigenvalue weighted by atomic mass is 10.0. The Labute approximate surface area is 220 Å². The Kier molecular flexibility index (Phi) is 10.2. The number of nitro benzene ring substituents is 1. The van der Waals surface area contributed by atoms with Crippen molar-refractivity contribution in [2.75, 3.05) is 5.75 Å². The van der Waals surface area contributed by atoms with Crippen molar-refractivity contribution in [2.45, 2.75) is 44.6 Å². The van der Waals surface area contributed by atoms with Crippen molar-refractivity contribution < 1.29 is 18.9 Å². The van der Waals surface area contributed by atoms with Crippen LogP contribution in [0.4, 0.5) is 10.1 Å². The number of benzene rings is 3. The summed E-state index contributed by atoms with van der Waals surface area (Å²) in [5.74, 6) is -0.523. The monoisotopic (exact) mass is 523 g/mol. The van der Waals surface area contributed by atoms with Crippen LogP contribution in [0.25, 0.3) is 0 Å². The first kappa shape index (κ1) is 27.9. The molecule has 0 saturated carbocycles. The summed E-state index contributed by atoms with van der Waals surface area (Å²) in [4.78, 5) is 38.7. The molecule has 3 rings (SSSR count). The van der Waals surface area contributed by atoms with E-state index in [4.69, 9.17) is 0 Å². The van der Waals surface area contributed by atoms with E-state index in [1.807, 2.05) is 44.2 Å². The Morgan fingerprint density at radius 2 is 1.62 bits per heavy atom. The van der Waals surface area contributed by atoms with E-state index in [0.717, 1.165) is 11.1 Å². The summed E-state index contributed by atoms with van der Waals surface area (Å²) in [6, 6.07) is 20.8. The Hall–Kier alpha value is -3.72. The number of carbonyl (C=O) groups is 2. The SMILES string of the molecule is CC(C)NC(=O)C(Cc1ccccc1)N(Cc1ccccc1F)C(=O)CSCc1ccc([N+](=O)[O-])cc1. The number of halogens is 1. The second-order valence-electron chi connectivity index (χ2n) is 8.90. The van der Waals surface area contributed by atoms with E-state index in [0.29, 0.717) is 11.3 Å². The van der Waals surface area contributed by atoms with Crippen LogP contribution in [0, 0.1) is 15.9 Å². The average Bonchev–Trinajstić information content (AvgIpc) is 2.87. The van der Waals surface area contributed by atoms with Gasteiger partial charge in [0.05, 0.1) is 10.7 Å². The fourth-order valence-electron chi connectivity index (χ4n) is 3.80. The number of rotatable bonds is 12. The molecule has 0 fully saturated rings. The van der Waals surface area contributed by atoms with E-state index in [1.54, 1.807) is 30.3 Å². The largest absolute Gasteiger partial charge is 0.352 e. The van der Waals surface area contributed by atoms with Crippen LogP contribution in [0.2, 0.25) is 0 Å². The molecule has 0 saturated heterocycles. The maximum Gasteiger partial charge on any atom is 0.269 e. The standard InChI is InChI=1S/C28H30FN3O4S/c1-20(2)30-28(34)26(16-21-8-4-3-5-9-21)31(17-23-10-6-7-11-25(23)29)27(33)19-37-18-22-12-14-24(15-13-22)32(35)36/h3-15,20,26H,16-19H2,1-2H3,(H,30,34). The number of carbonyl (C=O) groups excluding carboxylic acids is 2. The molecule has 0 bridgehead atoms. The van der Waals surface area contributed by atoms with Crippen LogP contribution in [-0.4, -0.2) is 39.5 Å². The number of nitrogens with zero attached hydrogens (tertiary/aromatic N) is 2. The van der Waals surface area contributed by atoms with E-state index < -0.39 is 16.8 Å². The van der Waals surface area contributed by atoms with E-state index in [2.05, 4.69) is 5.32 Å². The number of thioether (sulfide) groups is 1. The molecule has 0 aromatic heterocycles. The predicted octanol–water partition coefficient (Wildman–Crippen LogP) is 5.13. The van der Waals surface area contributed by atoms with Crippen LogP contribution in [0.1, 0.15) is 30.5 Å². The summed E-state index contributed by atoms with van der Waals surface area (Å²) in [5.41, 5.74) is 2.05. The maximum atomic E-state index is 14.6. The molecule has 3 aromatic rings. The summed E-state index contributed by atoms with van der Waals surface area (Å²) in [6.45, 7) is 3.65. The van der Waals surface area contributed by atoms with Gasteiger partial charge in [-0.05, 0) is 31.0 Å². The predicted molar refractivity (Wildman–Crippen MR) is 143 cm³/mol. The van der Waals surface area contributed by atoms with Crippen LogP contribution in [-0.2, 0) is 28.3 Å². The normalized spacial score (nSPS) is 11.7. The smallest absolute Gasteiger partial charge is 0.269 e. The number of hydrogen-bond acceptors (Lipinski definition) is 5. The lowest BCUT2D eigenvalue weighted by Gasteiger charge is -2.32. The van der Waals surface area contributed by atoms with E-state index in [1.165, 1.54) is 34.9 Å². The summed E-state index contributed by atoms with van der Waals surface area (Å²) in [5, 5.41) is 13.8. The highest BCUT2D eigenvalue weighted by atomic mass is 32.2. The first-order chi connectivity index (χ1) is 17.7. The van der Waals surface area contributed by atoms with Gasteiger partial charge in [0.25, 0.3) is 5.69 Å². The van der Waals surface area contributed by atoms with Crippen LogP contribution < -0.4 is 5.32 Å². The minimum absolute atomic E-state index is 0.000748. The van der Waals surface area contributed by atoms with Gasteiger partial charge in [-0.15, -0.1) is 11.8 Å². The van der Waals surface area contributed by atoms with Crippen molar-refractivity contribution in [3.8, 4) is 0 Å². The lowest BCUT2D eigenvalue weighted by molar-refractivity contribution is -0.384. The topological polar surface area (TPSA) is 92.6 Å². The van der Waals surface area contributed by atoms with Crippen molar-refractivity contribution in [1.82, 2.24) is 10.2 Å². The molecule has 0 radical (unpaired) electrons. The van der Waals surface area contributed by atoms with E-state index >= 15 is 0 Å². The van der Waals surface area contributed by atoms with Gasteiger partial charge in [0.15, 0.2) is 0 Å². The number of non-ortho nitro benzene ring substituents is 1. The highest BCUT2D eigenvalue weighted by Crippen LogP contribution is 2.21. The number of nitrogens with one attached hydrogen (secondary N) is 1. The molecular formula is C28H30FN3O4S. The third-order valence-corrected chi connectivity index (χ3v) is 6.63. The molecular weight excluding hydrogens is 493 g/mol. The number of nitro groups is 1. The fourth-order valence-corrected chi connectivity index (χ4v) is 4.67. The molecule has 1 N–H and O–H groups in total. The Balaban J connectivity index is 1.83. The molecule has 0 spiro atoms. The van der Waals surface area contributed by atoms with Gasteiger partial charge in [-0.25, -0.2) is 4.39 Å². The zero-order valence-electron chi connectivity index (χ0n) is 20.8. The molecule has 0 aliphatic carbocycles. The van der Waals surface area contributed by atoms with Gasteiger partial charge >= 0.3 is 0 Å². The minimum Gasteiger partial charge on any atom is -0.352 e. The van der Waals surface area contributed by atoms with Crippen molar-refractivity contribution in [3.05, 3.63) is 111 Å². The molecule has 1 unspecified atom stereocenters. The first-order valence-electron chi connectivity index (χ1n) is 11.9. The summed E-state index contributed by atoms with van der Waals surface area (Å²) in [7, 11) is 0. The minimum atomic E-state index is -0.836. The first-order valence-corrected chi connectivity index (χ1v) is 13.1. The average molecular weight is 524 g/mol. The zero-order chi connectivity index (χ0) is 26.8. The van der Waals surface area contributed by atoms with Crippen LogP contribution >= 0.6 is 11.8 Å². The Morgan fingerprint density at radius 3 is 2.24 bits per heavy atom. The Morgan fingerprint density at radius 1 is 0.973 bits per heavy atom. The van der Waals surface area contributed by atoms with Gasteiger partial charge in [-0.2, -0.15) is 0 Å². The van der Waals surface area contributed by atoms with E-state index in [9.17, 15) is 24.1 Å². The fraction of sp³-hybridized carbons (Fsp3) is 0.286. The Bertz CT molecular complexity index is 1210. The number of hydrogen-bond donors (Lipinski definition) is 1. The molecule has 37 heavy (non-hydrogen) atoms. The van der Waals surface area contributed by atoms with Crippen LogP contribution in [0.3, 0.4) is 0 Å². The van der Waals surface area contributed by atoms with Gasteiger partial charge in [0, 0.05) is 42.5 Å². The molecule has 3 aromatic carbocycles.